The maximum atomic E-state index is 14.3. The van der Waals surface area contributed by atoms with Gasteiger partial charge in [-0.1, -0.05) is 0 Å². The number of pyridine rings is 1. The van der Waals surface area contributed by atoms with Crippen LogP contribution in [-0.2, 0) is 13.6 Å². The Balaban J connectivity index is 2.05. The minimum atomic E-state index is -0.654. The standard InChI is InChI=1S/C22H20BFN8O/c1-30-12-28-19-20(30)17-8-18(14-5-13(9-25)6-15(24)7-14)32(11-16(10-26)27-3-4-33)21(17)29-22(19)31(2)23/h5-8,12,16,27,33H,3-4,11H2,1-2H3. The maximum absolute atomic E-state index is 14.3. The van der Waals surface area contributed by atoms with Gasteiger partial charge >= 0.3 is 0 Å². The molecule has 1 aromatic carbocycles. The van der Waals surface area contributed by atoms with Gasteiger partial charge in [0.05, 0.1) is 48.4 Å². The molecule has 0 aliphatic carbocycles. The van der Waals surface area contributed by atoms with Crippen molar-refractivity contribution in [3.05, 3.63) is 42.0 Å². The lowest BCUT2D eigenvalue weighted by Crippen LogP contribution is -2.34. The third-order valence-corrected chi connectivity index (χ3v) is 5.36. The van der Waals surface area contributed by atoms with Crippen molar-refractivity contribution in [2.75, 3.05) is 25.0 Å². The summed E-state index contributed by atoms with van der Waals surface area (Å²) in [7, 11) is 9.54. The smallest absolute Gasteiger partial charge is 0.228 e. The molecule has 2 N–H and O–H groups in total. The number of aliphatic hydroxyl groups excluding tert-OH is 1. The lowest BCUT2D eigenvalue weighted by atomic mass is 10.1. The molecule has 2 radical (unpaired) electrons. The Labute approximate surface area is 190 Å². The van der Waals surface area contributed by atoms with Gasteiger partial charge in [-0.2, -0.15) is 10.5 Å². The maximum Gasteiger partial charge on any atom is 0.228 e. The largest absolute Gasteiger partial charge is 0.411 e. The van der Waals surface area contributed by atoms with Gasteiger partial charge in [0.1, 0.15) is 28.8 Å². The summed E-state index contributed by atoms with van der Waals surface area (Å²) in [5, 5.41) is 31.9. The van der Waals surface area contributed by atoms with Gasteiger partial charge < -0.3 is 19.1 Å². The molecule has 1 atom stereocenters. The third kappa shape index (κ3) is 4.00. The quantitative estimate of drug-likeness (QED) is 0.418. The number of imidazole rings is 1. The lowest BCUT2D eigenvalue weighted by molar-refractivity contribution is 0.287. The van der Waals surface area contributed by atoms with E-state index in [9.17, 15) is 14.9 Å². The molecule has 3 aromatic heterocycles. The number of benzene rings is 1. The van der Waals surface area contributed by atoms with Crippen molar-refractivity contribution in [3.63, 3.8) is 0 Å². The molecule has 3 heterocycles. The molecule has 1 unspecified atom stereocenters. The van der Waals surface area contributed by atoms with Gasteiger partial charge in [0.25, 0.3) is 0 Å². The minimum absolute atomic E-state index is 0.122. The Morgan fingerprint density at radius 3 is 2.76 bits per heavy atom. The summed E-state index contributed by atoms with van der Waals surface area (Å²) in [5.74, 6) is -0.102. The molecule has 164 valence electrons. The first-order chi connectivity index (χ1) is 15.9. The number of anilines is 1. The molecule has 4 rings (SSSR count). The summed E-state index contributed by atoms with van der Waals surface area (Å²) in [6.45, 7) is 0.280. The third-order valence-electron chi connectivity index (χ3n) is 5.36. The van der Waals surface area contributed by atoms with Crippen molar-refractivity contribution >= 4 is 35.9 Å². The fourth-order valence-corrected chi connectivity index (χ4v) is 3.94. The molecule has 0 saturated carbocycles. The number of nitrogens with one attached hydrogen (secondary N) is 1. The number of nitriles is 2. The SMILES string of the molecule is [B]N(C)c1nc2c(cc(-c3cc(F)cc(C#N)c3)n2CC(C#N)NCCO)c2c1ncn2C. The number of fused-ring (bicyclic) bond motifs is 3. The molecule has 0 fully saturated rings. The molecule has 4 aromatic rings. The summed E-state index contributed by atoms with van der Waals surface area (Å²) in [4.78, 5) is 10.5. The molecule has 0 spiro atoms. The predicted molar refractivity (Wildman–Crippen MR) is 123 cm³/mol. The van der Waals surface area contributed by atoms with E-state index in [4.69, 9.17) is 18.1 Å². The number of aryl methyl sites for hydroxylation is 1. The van der Waals surface area contributed by atoms with Crippen molar-refractivity contribution in [2.24, 2.45) is 7.05 Å². The summed E-state index contributed by atoms with van der Waals surface area (Å²) in [6.07, 6.45) is 1.66. The molecule has 0 saturated heterocycles. The van der Waals surface area contributed by atoms with E-state index >= 15 is 0 Å². The van der Waals surface area contributed by atoms with Crippen LogP contribution in [0.5, 0.6) is 0 Å². The summed E-state index contributed by atoms with van der Waals surface area (Å²) >= 11 is 0. The van der Waals surface area contributed by atoms with Crippen molar-refractivity contribution in [1.82, 2.24) is 24.4 Å². The van der Waals surface area contributed by atoms with E-state index in [0.29, 0.717) is 28.2 Å². The summed E-state index contributed by atoms with van der Waals surface area (Å²) in [5.41, 5.74) is 3.15. The van der Waals surface area contributed by atoms with E-state index in [2.05, 4.69) is 16.4 Å². The highest BCUT2D eigenvalue weighted by atomic mass is 19.1. The van der Waals surface area contributed by atoms with Gasteiger partial charge in [-0.15, -0.1) is 0 Å². The highest BCUT2D eigenvalue weighted by molar-refractivity contribution is 6.20. The normalized spacial score (nSPS) is 12.1. The number of rotatable bonds is 7. The first-order valence-electron chi connectivity index (χ1n) is 10.2. The van der Waals surface area contributed by atoms with E-state index in [1.807, 2.05) is 23.8 Å². The molecule has 9 nitrogen and oxygen atoms in total. The summed E-state index contributed by atoms with van der Waals surface area (Å²) in [6, 6.07) is 9.45. The summed E-state index contributed by atoms with van der Waals surface area (Å²) < 4.78 is 18.0. The van der Waals surface area contributed by atoms with Crippen LogP contribution in [-0.4, -0.2) is 58.4 Å². The fourth-order valence-electron chi connectivity index (χ4n) is 3.94. The zero-order chi connectivity index (χ0) is 23.7. The molecular formula is C22H20BFN8O. The predicted octanol–water partition coefficient (Wildman–Crippen LogP) is 1.59. The van der Waals surface area contributed by atoms with Gasteiger partial charge in [0.2, 0.25) is 7.98 Å². The van der Waals surface area contributed by atoms with E-state index < -0.39 is 11.9 Å². The molecule has 33 heavy (non-hydrogen) atoms. The van der Waals surface area contributed by atoms with Crippen molar-refractivity contribution in [3.8, 4) is 23.4 Å². The van der Waals surface area contributed by atoms with Crippen molar-refractivity contribution in [1.29, 1.82) is 10.5 Å². The zero-order valence-corrected chi connectivity index (χ0v) is 18.1. The number of hydrogen-bond acceptors (Lipinski definition) is 7. The molecule has 0 aliphatic heterocycles. The highest BCUT2D eigenvalue weighted by Gasteiger charge is 2.22. The Kier molecular flexibility index (Phi) is 6.01. The molecule has 0 amide bonds. The van der Waals surface area contributed by atoms with Gasteiger partial charge in [0.15, 0.2) is 0 Å². The van der Waals surface area contributed by atoms with Crippen LogP contribution in [0.2, 0.25) is 0 Å². The van der Waals surface area contributed by atoms with Crippen molar-refractivity contribution in [2.45, 2.75) is 12.6 Å². The monoisotopic (exact) mass is 442 g/mol. The van der Waals surface area contributed by atoms with Crippen LogP contribution in [0.3, 0.4) is 0 Å². The van der Waals surface area contributed by atoms with Gasteiger partial charge in [-0.3, -0.25) is 5.32 Å². The number of nitrogens with zero attached hydrogens (tertiary/aromatic N) is 7. The number of hydrogen-bond donors (Lipinski definition) is 2. The molecule has 0 bridgehead atoms. The minimum Gasteiger partial charge on any atom is -0.411 e. The Morgan fingerprint density at radius 2 is 2.09 bits per heavy atom. The topological polar surface area (TPSA) is 119 Å². The Hall–Kier alpha value is -3.93. The van der Waals surface area contributed by atoms with Crippen LogP contribution >= 0.6 is 0 Å². The lowest BCUT2D eigenvalue weighted by Gasteiger charge is -2.17. The number of aromatic nitrogens is 4. The van der Waals surface area contributed by atoms with Gasteiger partial charge in [-0.05, 0) is 31.3 Å². The van der Waals surface area contributed by atoms with Crippen LogP contribution in [0.4, 0.5) is 10.2 Å². The Bertz CT molecular complexity index is 1430. The van der Waals surface area contributed by atoms with Crippen LogP contribution in [0.1, 0.15) is 5.56 Å². The molecular weight excluding hydrogens is 422 g/mol. The average molecular weight is 442 g/mol. The van der Waals surface area contributed by atoms with Gasteiger partial charge in [-0.25, -0.2) is 14.4 Å². The number of halogens is 1. The molecule has 0 aliphatic rings. The van der Waals surface area contributed by atoms with E-state index in [1.54, 1.807) is 24.0 Å². The van der Waals surface area contributed by atoms with E-state index in [-0.39, 0.29) is 25.3 Å². The van der Waals surface area contributed by atoms with Crippen LogP contribution in [0, 0.1) is 28.5 Å². The van der Waals surface area contributed by atoms with Crippen LogP contribution in [0.25, 0.3) is 33.3 Å². The van der Waals surface area contributed by atoms with E-state index in [0.717, 1.165) is 17.0 Å². The first kappa shape index (κ1) is 22.3. The fraction of sp³-hybridized carbons (Fsp3) is 0.273. The van der Waals surface area contributed by atoms with E-state index in [1.165, 1.54) is 10.9 Å². The second-order valence-corrected chi connectivity index (χ2v) is 7.68. The second-order valence-electron chi connectivity index (χ2n) is 7.68. The van der Waals surface area contributed by atoms with Crippen molar-refractivity contribution < 1.29 is 9.50 Å². The van der Waals surface area contributed by atoms with Crippen LogP contribution < -0.4 is 10.1 Å². The van der Waals surface area contributed by atoms with Crippen LogP contribution in [0.15, 0.2) is 30.6 Å². The Morgan fingerprint density at radius 1 is 1.30 bits per heavy atom. The zero-order valence-electron chi connectivity index (χ0n) is 18.1. The number of aliphatic hydroxyl groups is 1. The first-order valence-corrected chi connectivity index (χ1v) is 10.2. The molecule has 11 heteroatoms. The highest BCUT2D eigenvalue weighted by Crippen LogP contribution is 2.35. The second kappa shape index (κ2) is 8.90. The van der Waals surface area contributed by atoms with Gasteiger partial charge in [0, 0.05) is 24.5 Å². The average Bonchev–Trinajstić information content (AvgIpc) is 3.35.